The zero-order valence-corrected chi connectivity index (χ0v) is 28.2. The van der Waals surface area contributed by atoms with Crippen LogP contribution in [0.25, 0.3) is 10.4 Å². The largest absolute Gasteiger partial charge is 0.339 e. The first-order valence-corrected chi connectivity index (χ1v) is 17.6. The smallest absolute Gasteiger partial charge is 0.254 e. The van der Waals surface area contributed by atoms with E-state index in [9.17, 15) is 14.4 Å². The quantitative estimate of drug-likeness (QED) is 0.159. The molecule has 2 aliphatic heterocycles. The Kier molecular flexibility index (Phi) is 12.8. The Morgan fingerprint density at radius 3 is 2.06 bits per heavy atom. The second-order valence-corrected chi connectivity index (χ2v) is 13.2. The van der Waals surface area contributed by atoms with Gasteiger partial charge in [-0.15, -0.1) is 0 Å². The molecule has 3 fully saturated rings. The van der Waals surface area contributed by atoms with E-state index < -0.39 is 5.91 Å². The highest BCUT2D eigenvalue weighted by Gasteiger charge is 2.36. The molecule has 3 aromatic rings. The Bertz CT molecular complexity index is 1570. The Hall–Kier alpha value is -4.46. The molecule has 0 spiro atoms. The number of hydrogen-bond acceptors (Lipinski definition) is 4. The van der Waals surface area contributed by atoms with E-state index in [1.54, 1.807) is 12.1 Å². The Morgan fingerprint density at radius 2 is 1.38 bits per heavy atom. The molecule has 6 rings (SSSR count). The lowest BCUT2D eigenvalue weighted by molar-refractivity contribution is 0.0390. The highest BCUT2D eigenvalue weighted by atomic mass is 16.2. The molecule has 9 nitrogen and oxygen atoms in total. The van der Waals surface area contributed by atoms with Gasteiger partial charge in [-0.1, -0.05) is 74.2 Å². The summed E-state index contributed by atoms with van der Waals surface area (Å²) in [6, 6.07) is 23.2. The molecule has 1 saturated carbocycles. The summed E-state index contributed by atoms with van der Waals surface area (Å²) in [6.07, 6.45) is 12.6. The van der Waals surface area contributed by atoms with Gasteiger partial charge in [0, 0.05) is 53.8 Å². The second-order valence-electron chi connectivity index (χ2n) is 13.2. The first-order chi connectivity index (χ1) is 23.5. The minimum atomic E-state index is -0.577. The first-order valence-electron chi connectivity index (χ1n) is 17.6. The predicted octanol–water partition coefficient (Wildman–Crippen LogP) is 7.94. The first kappa shape index (κ1) is 34.9. The number of nitrogens with one attached hydrogen (secondary N) is 1. The summed E-state index contributed by atoms with van der Waals surface area (Å²) in [5, 5.41) is 6.32. The van der Waals surface area contributed by atoms with Crippen molar-refractivity contribution in [1.29, 1.82) is 0 Å². The molecule has 48 heavy (non-hydrogen) atoms. The van der Waals surface area contributed by atoms with Crippen molar-refractivity contribution in [2.75, 3.05) is 26.7 Å². The number of likely N-dealkylation sites (tertiary alicyclic amines) is 2. The van der Waals surface area contributed by atoms with Crippen LogP contribution in [0.2, 0.25) is 0 Å². The van der Waals surface area contributed by atoms with E-state index in [-0.39, 0.29) is 11.8 Å². The minimum Gasteiger partial charge on any atom is -0.339 e. The van der Waals surface area contributed by atoms with Gasteiger partial charge >= 0.3 is 0 Å². The van der Waals surface area contributed by atoms with Gasteiger partial charge in [-0.25, -0.2) is 0 Å². The van der Waals surface area contributed by atoms with Crippen molar-refractivity contribution in [3.63, 3.8) is 0 Å². The van der Waals surface area contributed by atoms with Crippen LogP contribution in [-0.4, -0.2) is 60.2 Å². The third kappa shape index (κ3) is 9.12. The van der Waals surface area contributed by atoms with Crippen molar-refractivity contribution < 1.29 is 14.4 Å². The molecular weight excluding hydrogens is 600 g/mol. The molecule has 2 atom stereocenters. The van der Waals surface area contributed by atoms with E-state index in [0.717, 1.165) is 74.1 Å². The Labute approximate surface area is 284 Å². The third-order valence-corrected chi connectivity index (χ3v) is 9.96. The normalized spacial score (nSPS) is 19.1. The molecule has 3 aromatic carbocycles. The summed E-state index contributed by atoms with van der Waals surface area (Å²) in [5.41, 5.74) is 13.5. The van der Waals surface area contributed by atoms with E-state index in [0.29, 0.717) is 23.9 Å². The Balaban J connectivity index is 0.000000214. The summed E-state index contributed by atoms with van der Waals surface area (Å²) in [4.78, 5) is 44.2. The lowest BCUT2D eigenvalue weighted by atomic mass is 9.78. The number of azide groups is 1. The lowest BCUT2D eigenvalue weighted by Gasteiger charge is -2.44. The van der Waals surface area contributed by atoms with Crippen molar-refractivity contribution in [1.82, 2.24) is 15.1 Å². The van der Waals surface area contributed by atoms with Gasteiger partial charge in [-0.05, 0) is 110 Å². The fourth-order valence-corrected chi connectivity index (χ4v) is 7.43. The summed E-state index contributed by atoms with van der Waals surface area (Å²) in [5.74, 6) is 0.415. The number of hydrogen-bond donors (Lipinski definition) is 1. The van der Waals surface area contributed by atoms with E-state index in [1.807, 2.05) is 72.6 Å². The molecule has 1 N–H and O–H groups in total. The molecule has 2 saturated heterocycles. The van der Waals surface area contributed by atoms with Gasteiger partial charge in [-0.3, -0.25) is 14.4 Å². The number of carbonyl (C=O) groups excluding carboxylic acids is 3. The van der Waals surface area contributed by atoms with Crippen LogP contribution in [0.4, 0.5) is 0 Å². The van der Waals surface area contributed by atoms with Gasteiger partial charge in [0.25, 0.3) is 11.8 Å². The van der Waals surface area contributed by atoms with Crippen LogP contribution in [0.3, 0.4) is 0 Å². The average molecular weight is 649 g/mol. The highest BCUT2D eigenvalue weighted by Crippen LogP contribution is 2.36. The molecule has 2 unspecified atom stereocenters. The topological polar surface area (TPSA) is 118 Å². The molecule has 0 radical (unpaired) electrons. The van der Waals surface area contributed by atoms with Crippen LogP contribution in [0, 0.1) is 5.92 Å². The van der Waals surface area contributed by atoms with Gasteiger partial charge in [-0.2, -0.15) is 0 Å². The number of rotatable bonds is 7. The molecular formula is C39H48N6O3. The van der Waals surface area contributed by atoms with Gasteiger partial charge in [0.15, 0.2) is 0 Å². The molecule has 252 valence electrons. The molecule has 9 heteroatoms. The van der Waals surface area contributed by atoms with E-state index in [1.165, 1.54) is 44.1 Å². The summed E-state index contributed by atoms with van der Waals surface area (Å²) in [7, 11) is 1.93. The van der Waals surface area contributed by atoms with Crippen LogP contribution >= 0.6 is 0 Å². The number of fused-ring (bicyclic) bond motifs is 1. The zero-order chi connectivity index (χ0) is 33.7. The lowest BCUT2D eigenvalue weighted by Crippen LogP contribution is -2.49. The maximum Gasteiger partial charge on any atom is 0.254 e. The number of piperidine rings is 1. The summed E-state index contributed by atoms with van der Waals surface area (Å²) >= 11 is 0. The van der Waals surface area contributed by atoms with Crippen LogP contribution < -0.4 is 5.32 Å². The standard InChI is InChI=1S/C24H26N4O2.C15H22N2O/c25-27-26-23(29)21-9-3-1-7-20(21)16-17-11-13-19(14-12-17)24(30)28-15-5-8-18-6-2-4-10-22(18)28;1-16-12-13-6-8-14(9-7-13)15(18)17-10-4-2-3-5-11-17/h1,3,7,9,11-14,18,22H,2,4-6,8,10,15-16H2;6-9,16H,2-5,10-12H2,1H3. The molecule has 1 aliphatic carbocycles. The number of carbonyl (C=O) groups is 3. The van der Waals surface area contributed by atoms with E-state index in [2.05, 4.69) is 20.2 Å². The maximum atomic E-state index is 13.2. The number of benzene rings is 3. The molecule has 3 aliphatic rings. The number of amides is 3. The van der Waals surface area contributed by atoms with E-state index >= 15 is 0 Å². The highest BCUT2D eigenvalue weighted by molar-refractivity contribution is 5.96. The predicted molar refractivity (Wildman–Crippen MR) is 189 cm³/mol. The molecule has 0 bridgehead atoms. The summed E-state index contributed by atoms with van der Waals surface area (Å²) in [6.45, 7) is 3.53. The van der Waals surface area contributed by atoms with Gasteiger partial charge in [0.2, 0.25) is 5.91 Å². The van der Waals surface area contributed by atoms with Crippen LogP contribution in [0.5, 0.6) is 0 Å². The fraction of sp³-hybridized carbons (Fsp3) is 0.462. The van der Waals surface area contributed by atoms with Gasteiger partial charge in [0.05, 0.1) is 0 Å². The Morgan fingerprint density at radius 1 is 0.750 bits per heavy atom. The van der Waals surface area contributed by atoms with Crippen molar-refractivity contribution >= 4 is 17.7 Å². The van der Waals surface area contributed by atoms with Crippen LogP contribution in [0.15, 0.2) is 77.9 Å². The van der Waals surface area contributed by atoms with Crippen LogP contribution in [-0.2, 0) is 13.0 Å². The summed E-state index contributed by atoms with van der Waals surface area (Å²) < 4.78 is 0. The minimum absolute atomic E-state index is 0.136. The fourth-order valence-electron chi connectivity index (χ4n) is 7.43. The zero-order valence-electron chi connectivity index (χ0n) is 28.2. The average Bonchev–Trinajstić information content (AvgIpc) is 3.42. The van der Waals surface area contributed by atoms with E-state index in [4.69, 9.17) is 5.53 Å². The monoisotopic (exact) mass is 648 g/mol. The number of nitrogens with zero attached hydrogens (tertiary/aromatic N) is 5. The van der Waals surface area contributed by atoms with Crippen molar-refractivity contribution in [2.24, 2.45) is 11.0 Å². The molecule has 0 aromatic heterocycles. The maximum absolute atomic E-state index is 13.2. The van der Waals surface area contributed by atoms with Crippen molar-refractivity contribution in [3.05, 3.63) is 117 Å². The van der Waals surface area contributed by atoms with Gasteiger partial charge in [0.1, 0.15) is 0 Å². The second kappa shape index (κ2) is 17.6. The van der Waals surface area contributed by atoms with Crippen LogP contribution in [0.1, 0.15) is 112 Å². The van der Waals surface area contributed by atoms with Crippen molar-refractivity contribution in [3.8, 4) is 0 Å². The third-order valence-electron chi connectivity index (χ3n) is 9.96. The molecule has 3 amide bonds. The van der Waals surface area contributed by atoms with Crippen molar-refractivity contribution in [2.45, 2.75) is 83.2 Å². The SMILES string of the molecule is CNCc1ccc(C(=O)N2CCCCCC2)cc1.[N-]=[N+]=NC(=O)c1ccccc1Cc1ccc(C(=O)N2CCCC3CCCCC32)cc1. The molecule has 2 heterocycles. The van der Waals surface area contributed by atoms with Gasteiger partial charge < -0.3 is 15.1 Å².